The highest BCUT2D eigenvalue weighted by Gasteiger charge is 2.06. The van der Waals surface area contributed by atoms with Crippen LogP contribution in [0.4, 0.5) is 0 Å². The Morgan fingerprint density at radius 2 is 1.82 bits per heavy atom. The molecule has 0 saturated heterocycles. The molecular formula is C11H9Br2N3O. The van der Waals surface area contributed by atoms with E-state index < -0.39 is 0 Å². The molecule has 6 heteroatoms. The minimum atomic E-state index is 0.297. The van der Waals surface area contributed by atoms with Gasteiger partial charge >= 0.3 is 6.01 Å². The Labute approximate surface area is 115 Å². The Morgan fingerprint density at radius 3 is 2.47 bits per heavy atom. The van der Waals surface area contributed by atoms with Crippen molar-refractivity contribution in [3.8, 4) is 11.8 Å². The SMILES string of the molecule is NCc1cc(Br)ccc1Oc1ncc(Br)cn1. The molecule has 2 aromatic rings. The van der Waals surface area contributed by atoms with Crippen LogP contribution in [0.1, 0.15) is 5.56 Å². The summed E-state index contributed by atoms with van der Waals surface area (Å²) >= 11 is 6.65. The summed E-state index contributed by atoms with van der Waals surface area (Å²) in [5.74, 6) is 0.665. The lowest BCUT2D eigenvalue weighted by molar-refractivity contribution is 0.436. The summed E-state index contributed by atoms with van der Waals surface area (Å²) in [6, 6.07) is 5.92. The molecule has 0 saturated carbocycles. The Bertz CT molecular complexity index is 517. The summed E-state index contributed by atoms with van der Waals surface area (Å²) < 4.78 is 7.33. The predicted octanol–water partition coefficient (Wildman–Crippen LogP) is 3.25. The third-order valence-corrected chi connectivity index (χ3v) is 2.94. The van der Waals surface area contributed by atoms with Crippen molar-refractivity contribution in [3.05, 3.63) is 45.1 Å². The van der Waals surface area contributed by atoms with Crippen molar-refractivity contribution >= 4 is 31.9 Å². The number of ether oxygens (including phenoxy) is 1. The molecule has 0 bridgehead atoms. The van der Waals surface area contributed by atoms with Gasteiger partial charge in [0, 0.05) is 29.0 Å². The average molecular weight is 359 g/mol. The van der Waals surface area contributed by atoms with Crippen molar-refractivity contribution in [3.63, 3.8) is 0 Å². The molecule has 17 heavy (non-hydrogen) atoms. The summed E-state index contributed by atoms with van der Waals surface area (Å²) in [5, 5.41) is 0. The number of benzene rings is 1. The third-order valence-electron chi connectivity index (χ3n) is 2.04. The predicted molar refractivity (Wildman–Crippen MR) is 71.8 cm³/mol. The third kappa shape index (κ3) is 3.24. The monoisotopic (exact) mass is 357 g/mol. The van der Waals surface area contributed by atoms with Gasteiger partial charge in [-0.05, 0) is 34.1 Å². The molecule has 0 aliphatic rings. The number of halogens is 2. The second-order valence-corrected chi connectivity index (χ2v) is 5.07. The fraction of sp³-hybridized carbons (Fsp3) is 0.0909. The van der Waals surface area contributed by atoms with Crippen LogP contribution in [0.3, 0.4) is 0 Å². The fourth-order valence-corrected chi connectivity index (χ4v) is 1.87. The zero-order chi connectivity index (χ0) is 12.3. The Morgan fingerprint density at radius 1 is 1.12 bits per heavy atom. The first-order valence-corrected chi connectivity index (χ1v) is 6.41. The van der Waals surface area contributed by atoms with Gasteiger partial charge < -0.3 is 10.5 Å². The fourth-order valence-electron chi connectivity index (χ4n) is 1.26. The second-order valence-electron chi connectivity index (χ2n) is 3.24. The number of hydrogen-bond donors (Lipinski definition) is 1. The molecule has 1 heterocycles. The van der Waals surface area contributed by atoms with Gasteiger partial charge in [0.2, 0.25) is 0 Å². The molecule has 88 valence electrons. The van der Waals surface area contributed by atoms with Crippen molar-refractivity contribution in [2.45, 2.75) is 6.54 Å². The maximum absolute atomic E-state index is 5.65. The van der Waals surface area contributed by atoms with E-state index in [0.29, 0.717) is 18.3 Å². The molecule has 1 aromatic carbocycles. The van der Waals surface area contributed by atoms with Crippen molar-refractivity contribution in [1.29, 1.82) is 0 Å². The highest BCUT2D eigenvalue weighted by atomic mass is 79.9. The van der Waals surface area contributed by atoms with E-state index in [0.717, 1.165) is 14.5 Å². The smallest absolute Gasteiger partial charge is 0.321 e. The van der Waals surface area contributed by atoms with E-state index >= 15 is 0 Å². The van der Waals surface area contributed by atoms with Crippen LogP contribution in [-0.4, -0.2) is 9.97 Å². The molecule has 0 aliphatic heterocycles. The van der Waals surface area contributed by atoms with Gasteiger partial charge in [0.15, 0.2) is 0 Å². The van der Waals surface area contributed by atoms with Crippen molar-refractivity contribution in [2.24, 2.45) is 5.73 Å². The first kappa shape index (κ1) is 12.5. The van der Waals surface area contributed by atoms with E-state index in [1.54, 1.807) is 12.4 Å². The highest BCUT2D eigenvalue weighted by Crippen LogP contribution is 2.26. The van der Waals surface area contributed by atoms with Crippen LogP contribution in [0.2, 0.25) is 0 Å². The summed E-state index contributed by atoms with van der Waals surface area (Å²) in [4.78, 5) is 8.08. The Hall–Kier alpha value is -0.980. The highest BCUT2D eigenvalue weighted by molar-refractivity contribution is 9.10. The largest absolute Gasteiger partial charge is 0.424 e. The minimum Gasteiger partial charge on any atom is -0.424 e. The van der Waals surface area contributed by atoms with E-state index in [9.17, 15) is 0 Å². The molecule has 0 atom stereocenters. The van der Waals surface area contributed by atoms with E-state index in [2.05, 4.69) is 41.8 Å². The van der Waals surface area contributed by atoms with Crippen LogP contribution in [-0.2, 0) is 6.54 Å². The average Bonchev–Trinajstić information content (AvgIpc) is 2.34. The zero-order valence-corrected chi connectivity index (χ0v) is 11.9. The van der Waals surface area contributed by atoms with Gasteiger partial charge in [0.25, 0.3) is 0 Å². The zero-order valence-electron chi connectivity index (χ0n) is 8.73. The van der Waals surface area contributed by atoms with Crippen molar-refractivity contribution in [1.82, 2.24) is 9.97 Å². The maximum Gasteiger partial charge on any atom is 0.321 e. The Balaban J connectivity index is 2.26. The molecule has 0 spiro atoms. The molecule has 2 N–H and O–H groups in total. The molecule has 4 nitrogen and oxygen atoms in total. The van der Waals surface area contributed by atoms with Crippen LogP contribution in [0, 0.1) is 0 Å². The van der Waals surface area contributed by atoms with E-state index in [1.807, 2.05) is 18.2 Å². The molecule has 0 unspecified atom stereocenters. The van der Waals surface area contributed by atoms with Crippen LogP contribution >= 0.6 is 31.9 Å². The quantitative estimate of drug-likeness (QED) is 0.914. The lowest BCUT2D eigenvalue weighted by Gasteiger charge is -2.08. The standard InChI is InChI=1S/C11H9Br2N3O/c12-8-1-2-10(7(3-8)4-14)17-11-15-5-9(13)6-16-11/h1-3,5-6H,4,14H2. The number of hydrogen-bond acceptors (Lipinski definition) is 4. The van der Waals surface area contributed by atoms with Gasteiger partial charge in [0.1, 0.15) is 5.75 Å². The van der Waals surface area contributed by atoms with Gasteiger partial charge in [-0.15, -0.1) is 0 Å². The van der Waals surface area contributed by atoms with Gasteiger partial charge in [-0.25, -0.2) is 9.97 Å². The van der Waals surface area contributed by atoms with Crippen LogP contribution < -0.4 is 10.5 Å². The molecule has 1 aromatic heterocycles. The first-order valence-electron chi connectivity index (χ1n) is 4.83. The molecule has 0 aliphatic carbocycles. The van der Waals surface area contributed by atoms with E-state index in [4.69, 9.17) is 10.5 Å². The molecule has 0 amide bonds. The van der Waals surface area contributed by atoms with Crippen LogP contribution in [0.15, 0.2) is 39.5 Å². The van der Waals surface area contributed by atoms with Gasteiger partial charge in [-0.1, -0.05) is 15.9 Å². The summed E-state index contributed by atoms with van der Waals surface area (Å²) in [7, 11) is 0. The topological polar surface area (TPSA) is 61.0 Å². The first-order chi connectivity index (χ1) is 8.19. The lowest BCUT2D eigenvalue weighted by Crippen LogP contribution is -2.00. The van der Waals surface area contributed by atoms with Gasteiger partial charge in [-0.3, -0.25) is 0 Å². The summed E-state index contributed by atoms with van der Waals surface area (Å²) in [5.41, 5.74) is 6.54. The van der Waals surface area contributed by atoms with Crippen LogP contribution in [0.5, 0.6) is 11.8 Å². The minimum absolute atomic E-state index is 0.297. The van der Waals surface area contributed by atoms with E-state index in [1.165, 1.54) is 0 Å². The Kier molecular flexibility index (Phi) is 4.09. The molecule has 0 fully saturated rings. The second kappa shape index (κ2) is 5.57. The number of nitrogens with two attached hydrogens (primary N) is 1. The maximum atomic E-state index is 5.65. The van der Waals surface area contributed by atoms with Crippen molar-refractivity contribution in [2.75, 3.05) is 0 Å². The molecular weight excluding hydrogens is 350 g/mol. The van der Waals surface area contributed by atoms with Gasteiger partial charge in [-0.2, -0.15) is 0 Å². The number of nitrogens with zero attached hydrogens (tertiary/aromatic N) is 2. The number of aromatic nitrogens is 2. The summed E-state index contributed by atoms with van der Waals surface area (Å²) in [6.07, 6.45) is 3.26. The van der Waals surface area contributed by atoms with E-state index in [-0.39, 0.29) is 0 Å². The molecule has 2 rings (SSSR count). The van der Waals surface area contributed by atoms with Crippen LogP contribution in [0.25, 0.3) is 0 Å². The molecule has 0 radical (unpaired) electrons. The van der Waals surface area contributed by atoms with Gasteiger partial charge in [0.05, 0.1) is 4.47 Å². The normalized spacial score (nSPS) is 10.3. The lowest BCUT2D eigenvalue weighted by atomic mass is 10.2. The summed E-state index contributed by atoms with van der Waals surface area (Å²) in [6.45, 7) is 0.394. The number of rotatable bonds is 3. The van der Waals surface area contributed by atoms with Crippen molar-refractivity contribution < 1.29 is 4.74 Å².